The zero-order valence-electron chi connectivity index (χ0n) is 10.8. The molecule has 1 aliphatic heterocycles. The second-order valence-electron chi connectivity index (χ2n) is 5.29. The average molecular weight is 261 g/mol. The maximum absolute atomic E-state index is 11.8. The molecule has 0 bridgehead atoms. The summed E-state index contributed by atoms with van der Waals surface area (Å²) in [5, 5.41) is 0. The van der Waals surface area contributed by atoms with E-state index in [1.807, 2.05) is 0 Å². The highest BCUT2D eigenvalue weighted by atomic mass is 32.2. The van der Waals surface area contributed by atoms with Gasteiger partial charge in [0.25, 0.3) is 0 Å². The van der Waals surface area contributed by atoms with E-state index in [2.05, 4.69) is 0 Å². The van der Waals surface area contributed by atoms with Crippen molar-refractivity contribution in [1.29, 1.82) is 0 Å². The largest absolute Gasteiger partial charge is 0.330 e. The Morgan fingerprint density at radius 3 is 2.24 bits per heavy atom. The van der Waals surface area contributed by atoms with Crippen LogP contribution in [0.2, 0.25) is 0 Å². The Hall–Kier alpha value is -0.130. The molecule has 4 nitrogen and oxygen atoms in total. The summed E-state index contributed by atoms with van der Waals surface area (Å²) in [4.78, 5) is 1.65. The minimum absolute atomic E-state index is 0.242. The topological polar surface area (TPSA) is 41.8 Å². The molecule has 2 rings (SSSR count). The lowest BCUT2D eigenvalue weighted by atomic mass is 9.94. The van der Waals surface area contributed by atoms with E-state index in [9.17, 15) is 8.42 Å². The number of piperazine rings is 1. The van der Waals surface area contributed by atoms with E-state index in [-0.39, 0.29) is 5.75 Å². The van der Waals surface area contributed by atoms with Crippen LogP contribution in [-0.2, 0) is 10.0 Å². The minimum atomic E-state index is -2.96. The molecule has 0 amide bonds. The fourth-order valence-corrected chi connectivity index (χ4v) is 4.26. The lowest BCUT2D eigenvalue weighted by Gasteiger charge is -2.37. The normalized spacial score (nSPS) is 26.2. The van der Waals surface area contributed by atoms with Crippen LogP contribution in [-0.4, -0.2) is 50.7 Å². The van der Waals surface area contributed by atoms with Gasteiger partial charge >= 0.3 is 0 Å². The maximum Gasteiger partial charge on any atom is 0.214 e. The summed E-state index contributed by atoms with van der Waals surface area (Å²) in [6.45, 7) is 5.19. The van der Waals surface area contributed by atoms with E-state index < -0.39 is 10.0 Å². The van der Waals surface area contributed by atoms with Gasteiger partial charge in [-0.2, -0.15) is 4.31 Å². The van der Waals surface area contributed by atoms with E-state index in [0.717, 1.165) is 32.2 Å². The molecule has 1 N–H and O–H groups in total. The van der Waals surface area contributed by atoms with Crippen molar-refractivity contribution in [3.05, 3.63) is 0 Å². The van der Waals surface area contributed by atoms with E-state index in [1.54, 1.807) is 16.1 Å². The highest BCUT2D eigenvalue weighted by Gasteiger charge is 2.32. The standard InChI is InChI=1S/C12H24N2O2S/c1-2-17(15,16)14-10-8-13(9-11-14)12-6-4-3-5-7-12/h12H,2-11H2,1H3/p+1. The van der Waals surface area contributed by atoms with Crippen LogP contribution in [0.5, 0.6) is 0 Å². The predicted molar refractivity (Wildman–Crippen MR) is 68.6 cm³/mol. The van der Waals surface area contributed by atoms with Crippen molar-refractivity contribution in [2.45, 2.75) is 45.1 Å². The summed E-state index contributed by atoms with van der Waals surface area (Å²) in [5.74, 6) is 0.242. The van der Waals surface area contributed by atoms with Crippen molar-refractivity contribution in [3.63, 3.8) is 0 Å². The summed E-state index contributed by atoms with van der Waals surface area (Å²) in [5.41, 5.74) is 0. The van der Waals surface area contributed by atoms with Crippen molar-refractivity contribution >= 4 is 10.0 Å². The SMILES string of the molecule is CCS(=O)(=O)N1CC[NH+](C2CCCCC2)CC1. The van der Waals surface area contributed by atoms with E-state index in [1.165, 1.54) is 32.1 Å². The van der Waals surface area contributed by atoms with Crippen LogP contribution < -0.4 is 4.90 Å². The fraction of sp³-hybridized carbons (Fsp3) is 1.00. The van der Waals surface area contributed by atoms with Crippen LogP contribution in [0.25, 0.3) is 0 Å². The predicted octanol–water partition coefficient (Wildman–Crippen LogP) is -0.131. The molecule has 1 heterocycles. The van der Waals surface area contributed by atoms with Crippen LogP contribution in [0.1, 0.15) is 39.0 Å². The number of nitrogens with one attached hydrogen (secondary N) is 1. The number of rotatable bonds is 3. The first kappa shape index (κ1) is 13.3. The Kier molecular flexibility index (Phi) is 4.44. The second-order valence-corrected chi connectivity index (χ2v) is 7.55. The van der Waals surface area contributed by atoms with Gasteiger partial charge in [0.2, 0.25) is 10.0 Å². The number of quaternary nitrogens is 1. The van der Waals surface area contributed by atoms with Gasteiger partial charge in [0.05, 0.1) is 38.0 Å². The van der Waals surface area contributed by atoms with Crippen molar-refractivity contribution < 1.29 is 13.3 Å². The van der Waals surface area contributed by atoms with Gasteiger partial charge in [-0.1, -0.05) is 6.42 Å². The van der Waals surface area contributed by atoms with Gasteiger partial charge in [0.1, 0.15) is 0 Å². The van der Waals surface area contributed by atoms with Gasteiger partial charge in [0, 0.05) is 0 Å². The number of sulfonamides is 1. The van der Waals surface area contributed by atoms with Crippen molar-refractivity contribution in [2.75, 3.05) is 31.9 Å². The molecule has 17 heavy (non-hydrogen) atoms. The Labute approximate surface area is 105 Å². The van der Waals surface area contributed by atoms with Crippen molar-refractivity contribution in [2.24, 2.45) is 0 Å². The van der Waals surface area contributed by atoms with Crippen LogP contribution in [0.15, 0.2) is 0 Å². The van der Waals surface area contributed by atoms with E-state index >= 15 is 0 Å². The Bertz CT molecular complexity index is 328. The minimum Gasteiger partial charge on any atom is -0.330 e. The van der Waals surface area contributed by atoms with Crippen LogP contribution >= 0.6 is 0 Å². The lowest BCUT2D eigenvalue weighted by molar-refractivity contribution is -0.930. The molecule has 5 heteroatoms. The zero-order valence-corrected chi connectivity index (χ0v) is 11.6. The quantitative estimate of drug-likeness (QED) is 0.769. The van der Waals surface area contributed by atoms with Gasteiger partial charge in [-0.3, -0.25) is 0 Å². The van der Waals surface area contributed by atoms with Gasteiger partial charge < -0.3 is 4.90 Å². The molecule has 0 atom stereocenters. The monoisotopic (exact) mass is 261 g/mol. The van der Waals surface area contributed by atoms with Gasteiger partial charge in [-0.25, -0.2) is 8.42 Å². The summed E-state index contributed by atoms with van der Waals surface area (Å²) < 4.78 is 25.2. The molecule has 2 fully saturated rings. The third-order valence-electron chi connectivity index (χ3n) is 4.31. The molecule has 100 valence electrons. The molecule has 1 saturated carbocycles. The third-order valence-corrected chi connectivity index (χ3v) is 6.19. The van der Waals surface area contributed by atoms with Gasteiger partial charge in [-0.15, -0.1) is 0 Å². The maximum atomic E-state index is 11.8. The molecule has 0 unspecified atom stereocenters. The molecule has 1 saturated heterocycles. The van der Waals surface area contributed by atoms with Crippen LogP contribution in [0.4, 0.5) is 0 Å². The van der Waals surface area contributed by atoms with Gasteiger partial charge in [0.15, 0.2) is 0 Å². The Morgan fingerprint density at radius 1 is 1.12 bits per heavy atom. The van der Waals surface area contributed by atoms with E-state index in [4.69, 9.17) is 0 Å². The fourth-order valence-electron chi connectivity index (χ4n) is 3.15. The molecule has 0 aromatic heterocycles. The molecular formula is C12H25N2O2S+. The molecule has 0 radical (unpaired) electrons. The van der Waals surface area contributed by atoms with Gasteiger partial charge in [-0.05, 0) is 32.6 Å². The van der Waals surface area contributed by atoms with E-state index in [0.29, 0.717) is 0 Å². The molecule has 0 aromatic rings. The average Bonchev–Trinajstić information content (AvgIpc) is 2.40. The number of hydrogen-bond acceptors (Lipinski definition) is 2. The smallest absolute Gasteiger partial charge is 0.214 e. The Morgan fingerprint density at radius 2 is 1.71 bits per heavy atom. The highest BCUT2D eigenvalue weighted by molar-refractivity contribution is 7.89. The Balaban J connectivity index is 1.85. The van der Waals surface area contributed by atoms with Crippen LogP contribution in [0, 0.1) is 0 Å². The zero-order chi connectivity index (χ0) is 12.3. The summed E-state index contributed by atoms with van der Waals surface area (Å²) in [6, 6.07) is 0.801. The van der Waals surface area contributed by atoms with Crippen molar-refractivity contribution in [3.8, 4) is 0 Å². The highest BCUT2D eigenvalue weighted by Crippen LogP contribution is 2.15. The number of nitrogens with zero attached hydrogens (tertiary/aromatic N) is 1. The third kappa shape index (κ3) is 3.20. The summed E-state index contributed by atoms with van der Waals surface area (Å²) in [6.07, 6.45) is 6.81. The number of hydrogen-bond donors (Lipinski definition) is 1. The molecule has 1 aliphatic carbocycles. The lowest BCUT2D eigenvalue weighted by Crippen LogP contribution is -3.18. The first-order valence-corrected chi connectivity index (χ1v) is 8.57. The van der Waals surface area contributed by atoms with Crippen LogP contribution in [0.3, 0.4) is 0 Å². The summed E-state index contributed by atoms with van der Waals surface area (Å²) >= 11 is 0. The first-order valence-electron chi connectivity index (χ1n) is 6.96. The van der Waals surface area contributed by atoms with Crippen molar-refractivity contribution in [1.82, 2.24) is 4.31 Å². The molecule has 0 spiro atoms. The second kappa shape index (κ2) is 5.67. The molecule has 0 aromatic carbocycles. The summed E-state index contributed by atoms with van der Waals surface area (Å²) in [7, 11) is -2.96. The molecule has 2 aliphatic rings. The first-order chi connectivity index (χ1) is 8.13. The molecular weight excluding hydrogens is 236 g/mol.